The van der Waals surface area contributed by atoms with Crippen LogP contribution in [0, 0.1) is 15.9 Å². The van der Waals surface area contributed by atoms with Gasteiger partial charge in [0.2, 0.25) is 5.91 Å². The third-order valence-corrected chi connectivity index (χ3v) is 5.46. The first-order valence-corrected chi connectivity index (χ1v) is 10.2. The number of aromatic nitrogens is 2. The summed E-state index contributed by atoms with van der Waals surface area (Å²) >= 11 is 0. The fourth-order valence-corrected chi connectivity index (χ4v) is 3.73. The Balaban J connectivity index is 1.51. The van der Waals surface area contributed by atoms with E-state index in [1.165, 1.54) is 48.1 Å². The maximum atomic E-state index is 14.4. The number of nitrogens with zero attached hydrogens (tertiary/aromatic N) is 5. The minimum absolute atomic E-state index is 0.0368. The molecule has 1 aromatic heterocycles. The number of carbonyl (C=O) groups excluding carboxylic acids is 2. The van der Waals surface area contributed by atoms with Gasteiger partial charge in [0.1, 0.15) is 11.4 Å². The van der Waals surface area contributed by atoms with Crippen LogP contribution in [0.3, 0.4) is 0 Å². The first-order chi connectivity index (χ1) is 15.8. The van der Waals surface area contributed by atoms with Crippen molar-refractivity contribution in [3.05, 3.63) is 76.4 Å². The summed E-state index contributed by atoms with van der Waals surface area (Å²) in [6.07, 6.45) is 3.12. The Morgan fingerprint density at radius 3 is 2.42 bits per heavy atom. The highest BCUT2D eigenvalue weighted by Gasteiger charge is 2.26. The van der Waals surface area contributed by atoms with Crippen LogP contribution in [0.1, 0.15) is 17.3 Å². The summed E-state index contributed by atoms with van der Waals surface area (Å²) < 4.78 is 15.8. The number of piperazine rings is 1. The van der Waals surface area contributed by atoms with Gasteiger partial charge in [-0.15, -0.1) is 0 Å². The van der Waals surface area contributed by atoms with E-state index in [9.17, 15) is 24.1 Å². The number of nitro benzene ring substituents is 1. The number of rotatable bonds is 5. The van der Waals surface area contributed by atoms with Gasteiger partial charge in [-0.1, -0.05) is 0 Å². The highest BCUT2D eigenvalue weighted by atomic mass is 19.1. The van der Waals surface area contributed by atoms with Crippen molar-refractivity contribution in [2.75, 3.05) is 36.4 Å². The molecule has 33 heavy (non-hydrogen) atoms. The molecule has 0 aliphatic carbocycles. The van der Waals surface area contributed by atoms with Crippen LogP contribution < -0.4 is 10.2 Å². The molecule has 10 nitrogen and oxygen atoms in total. The molecule has 0 spiro atoms. The minimum atomic E-state index is -0.600. The van der Waals surface area contributed by atoms with Gasteiger partial charge in [-0.05, 0) is 36.4 Å². The zero-order valence-electron chi connectivity index (χ0n) is 17.8. The average molecular weight is 452 g/mol. The first kappa shape index (κ1) is 21.9. The van der Waals surface area contributed by atoms with Crippen molar-refractivity contribution in [2.24, 2.45) is 0 Å². The molecule has 0 saturated carbocycles. The maximum Gasteiger partial charge on any atom is 0.293 e. The Kier molecular flexibility index (Phi) is 6.03. The number of hydrogen-bond acceptors (Lipinski definition) is 6. The normalized spacial score (nSPS) is 13.6. The van der Waals surface area contributed by atoms with Crippen molar-refractivity contribution in [1.82, 2.24) is 14.7 Å². The summed E-state index contributed by atoms with van der Waals surface area (Å²) in [5, 5.41) is 18.2. The Labute approximate surface area is 188 Å². The van der Waals surface area contributed by atoms with Gasteiger partial charge < -0.3 is 15.1 Å². The molecule has 170 valence electrons. The van der Waals surface area contributed by atoms with Crippen molar-refractivity contribution in [3.63, 3.8) is 0 Å². The molecule has 3 aromatic rings. The molecule has 1 N–H and O–H groups in total. The number of hydrogen-bond donors (Lipinski definition) is 1. The summed E-state index contributed by atoms with van der Waals surface area (Å²) in [5.74, 6) is -1.22. The predicted octanol–water partition coefficient (Wildman–Crippen LogP) is 2.84. The number of anilines is 2. The lowest BCUT2D eigenvalue weighted by Gasteiger charge is -2.35. The van der Waals surface area contributed by atoms with Crippen LogP contribution in [0.25, 0.3) is 5.69 Å². The molecule has 1 aliphatic rings. The van der Waals surface area contributed by atoms with E-state index in [-0.39, 0.29) is 28.5 Å². The van der Waals surface area contributed by atoms with Crippen LogP contribution in [0.15, 0.2) is 54.9 Å². The van der Waals surface area contributed by atoms with Crippen molar-refractivity contribution in [3.8, 4) is 5.69 Å². The van der Waals surface area contributed by atoms with Crippen molar-refractivity contribution >= 4 is 28.9 Å². The molecule has 1 aliphatic heterocycles. The van der Waals surface area contributed by atoms with E-state index in [0.29, 0.717) is 31.9 Å². The Morgan fingerprint density at radius 1 is 1.09 bits per heavy atom. The van der Waals surface area contributed by atoms with Crippen molar-refractivity contribution in [2.45, 2.75) is 6.92 Å². The fraction of sp³-hybridized carbons (Fsp3) is 0.227. The average Bonchev–Trinajstić information content (AvgIpc) is 3.33. The topological polar surface area (TPSA) is 114 Å². The zero-order chi connectivity index (χ0) is 23.5. The number of benzene rings is 2. The fourth-order valence-electron chi connectivity index (χ4n) is 3.73. The largest absolute Gasteiger partial charge is 0.362 e. The number of halogens is 1. The quantitative estimate of drug-likeness (QED) is 0.470. The molecular weight excluding hydrogens is 431 g/mol. The second kappa shape index (κ2) is 9.07. The van der Waals surface area contributed by atoms with Crippen LogP contribution in [-0.2, 0) is 4.79 Å². The molecule has 1 saturated heterocycles. The number of amides is 2. The Morgan fingerprint density at radius 2 is 1.82 bits per heavy atom. The molecule has 4 rings (SSSR count). The summed E-state index contributed by atoms with van der Waals surface area (Å²) in [6.45, 7) is 3.33. The lowest BCUT2D eigenvalue weighted by molar-refractivity contribution is -0.384. The van der Waals surface area contributed by atoms with Crippen LogP contribution >= 0.6 is 0 Å². The van der Waals surface area contributed by atoms with Gasteiger partial charge in [-0.25, -0.2) is 9.07 Å². The van der Waals surface area contributed by atoms with E-state index in [1.54, 1.807) is 17.2 Å². The van der Waals surface area contributed by atoms with Crippen molar-refractivity contribution < 1.29 is 18.9 Å². The molecule has 11 heteroatoms. The number of nitro groups is 1. The van der Waals surface area contributed by atoms with E-state index in [0.717, 1.165) is 6.07 Å². The van der Waals surface area contributed by atoms with Crippen LogP contribution in [0.4, 0.5) is 21.5 Å². The maximum absolute atomic E-state index is 14.4. The first-order valence-electron chi connectivity index (χ1n) is 10.2. The Bertz CT molecular complexity index is 1210. The number of nitrogens with one attached hydrogen (secondary N) is 1. The van der Waals surface area contributed by atoms with Crippen LogP contribution in [0.2, 0.25) is 0 Å². The van der Waals surface area contributed by atoms with Gasteiger partial charge in [0.15, 0.2) is 5.82 Å². The van der Waals surface area contributed by atoms with Gasteiger partial charge in [0, 0.05) is 62.8 Å². The summed E-state index contributed by atoms with van der Waals surface area (Å²) in [6, 6.07) is 10.0. The monoisotopic (exact) mass is 452 g/mol. The minimum Gasteiger partial charge on any atom is -0.362 e. The zero-order valence-corrected chi connectivity index (χ0v) is 17.8. The van der Waals surface area contributed by atoms with Gasteiger partial charge in [-0.3, -0.25) is 19.7 Å². The predicted molar refractivity (Wildman–Crippen MR) is 119 cm³/mol. The van der Waals surface area contributed by atoms with E-state index in [4.69, 9.17) is 0 Å². The number of carbonyl (C=O) groups is 2. The van der Waals surface area contributed by atoms with E-state index in [2.05, 4.69) is 10.4 Å². The second-order valence-electron chi connectivity index (χ2n) is 7.52. The molecule has 2 amide bonds. The molecular formula is C22H21FN6O4. The molecule has 2 aromatic carbocycles. The van der Waals surface area contributed by atoms with E-state index < -0.39 is 16.6 Å². The SMILES string of the molecule is CC(=O)N1CCN(c2ccc(C(=O)Nc3ccc(-n4cccn4)c(F)c3)cc2[N+](=O)[O-])CC1. The van der Waals surface area contributed by atoms with Gasteiger partial charge in [-0.2, -0.15) is 5.10 Å². The standard InChI is InChI=1S/C22H21FN6O4/c1-15(30)26-9-11-27(12-10-26)20-5-3-16(13-21(20)29(32)33)22(31)25-17-4-6-19(18(23)14-17)28-8-2-7-24-28/h2-8,13-14H,9-12H2,1H3,(H,25,31). The van der Waals surface area contributed by atoms with Gasteiger partial charge >= 0.3 is 0 Å². The third kappa shape index (κ3) is 4.66. The van der Waals surface area contributed by atoms with E-state index >= 15 is 0 Å². The molecule has 0 bridgehead atoms. The summed E-state index contributed by atoms with van der Waals surface area (Å²) in [5.41, 5.74) is 0.682. The highest BCUT2D eigenvalue weighted by molar-refractivity contribution is 6.05. The van der Waals surface area contributed by atoms with Gasteiger partial charge in [0.25, 0.3) is 11.6 Å². The molecule has 0 atom stereocenters. The van der Waals surface area contributed by atoms with Crippen LogP contribution in [-0.4, -0.2) is 57.6 Å². The highest BCUT2D eigenvalue weighted by Crippen LogP contribution is 2.30. The molecule has 0 radical (unpaired) electrons. The summed E-state index contributed by atoms with van der Waals surface area (Å²) in [7, 11) is 0. The molecule has 0 unspecified atom stereocenters. The van der Waals surface area contributed by atoms with Crippen LogP contribution in [0.5, 0.6) is 0 Å². The second-order valence-corrected chi connectivity index (χ2v) is 7.52. The molecule has 2 heterocycles. The Hall–Kier alpha value is -4.28. The smallest absolute Gasteiger partial charge is 0.293 e. The van der Waals surface area contributed by atoms with Crippen molar-refractivity contribution in [1.29, 1.82) is 0 Å². The van der Waals surface area contributed by atoms with E-state index in [1.807, 2.05) is 4.90 Å². The molecule has 1 fully saturated rings. The van der Waals surface area contributed by atoms with Gasteiger partial charge in [0.05, 0.1) is 4.92 Å². The lowest BCUT2D eigenvalue weighted by Crippen LogP contribution is -2.48. The third-order valence-electron chi connectivity index (χ3n) is 5.46. The lowest BCUT2D eigenvalue weighted by atomic mass is 10.1. The summed E-state index contributed by atoms with van der Waals surface area (Å²) in [4.78, 5) is 38.9.